The number of hydrogen-bond acceptors (Lipinski definition) is 5. The molecule has 26 heavy (non-hydrogen) atoms. The molecule has 0 atom stereocenters. The number of carbonyl (C=O) groups excluding carboxylic acids is 1. The molecule has 8 heteroatoms. The summed E-state index contributed by atoms with van der Waals surface area (Å²) in [6.45, 7) is 5.92. The van der Waals surface area contributed by atoms with Gasteiger partial charge in [0.2, 0.25) is 5.91 Å². The molecule has 0 radical (unpaired) electrons. The molecular weight excluding hydrogens is 354 g/mol. The number of ether oxygens (including phenoxy) is 1. The van der Waals surface area contributed by atoms with Gasteiger partial charge in [-0.3, -0.25) is 4.79 Å². The predicted octanol–water partition coefficient (Wildman–Crippen LogP) is 2.68. The minimum Gasteiger partial charge on any atom is -0.497 e. The summed E-state index contributed by atoms with van der Waals surface area (Å²) in [7, 11) is -1.63. The molecule has 1 aromatic carbocycles. The van der Waals surface area contributed by atoms with E-state index in [1.165, 1.54) is 0 Å². The maximum absolute atomic E-state index is 12.4. The van der Waals surface area contributed by atoms with E-state index in [4.69, 9.17) is 4.74 Å². The molecular formula is C18H23N3O4S. The standard InChI is InChI=1S/C18H23N3O4S/c1-18(2,3)9-16(22)19-17-14-10-26(23,24)11-15(14)20-21(17)12-5-7-13(25-4)8-6-12/h5-8H,9-11H2,1-4H3,(H,19,22). The first kappa shape index (κ1) is 18.4. The monoisotopic (exact) mass is 377 g/mol. The molecule has 0 saturated heterocycles. The smallest absolute Gasteiger partial charge is 0.226 e. The van der Waals surface area contributed by atoms with Gasteiger partial charge in [-0.15, -0.1) is 0 Å². The SMILES string of the molecule is COc1ccc(-n2nc3c(c2NC(=O)CC(C)(C)C)CS(=O)(=O)C3)cc1. The largest absolute Gasteiger partial charge is 0.497 e. The Balaban J connectivity index is 2.01. The molecule has 3 rings (SSSR count). The van der Waals surface area contributed by atoms with Gasteiger partial charge in [-0.2, -0.15) is 5.10 Å². The van der Waals surface area contributed by atoms with Crippen LogP contribution in [0.5, 0.6) is 5.75 Å². The average molecular weight is 377 g/mol. The number of nitrogens with zero attached hydrogens (tertiary/aromatic N) is 2. The number of hydrogen-bond donors (Lipinski definition) is 1. The van der Waals surface area contributed by atoms with E-state index in [0.29, 0.717) is 29.2 Å². The fraction of sp³-hybridized carbons (Fsp3) is 0.444. The van der Waals surface area contributed by atoms with Gasteiger partial charge in [0.25, 0.3) is 0 Å². The van der Waals surface area contributed by atoms with Crippen LogP contribution in [0.25, 0.3) is 5.69 Å². The molecule has 0 unspecified atom stereocenters. The summed E-state index contributed by atoms with van der Waals surface area (Å²) < 4.78 is 30.7. The zero-order chi connectivity index (χ0) is 19.1. The number of sulfone groups is 1. The maximum atomic E-state index is 12.4. The van der Waals surface area contributed by atoms with Gasteiger partial charge in [0.1, 0.15) is 11.6 Å². The highest BCUT2D eigenvalue weighted by molar-refractivity contribution is 7.90. The number of amides is 1. The third-order valence-corrected chi connectivity index (χ3v) is 5.50. The van der Waals surface area contributed by atoms with Crippen LogP contribution in [0, 0.1) is 5.41 Å². The van der Waals surface area contributed by atoms with Crippen molar-refractivity contribution < 1.29 is 17.9 Å². The predicted molar refractivity (Wildman–Crippen MR) is 99.1 cm³/mol. The molecule has 0 bridgehead atoms. The summed E-state index contributed by atoms with van der Waals surface area (Å²) in [4.78, 5) is 12.4. The van der Waals surface area contributed by atoms with Gasteiger partial charge in [-0.25, -0.2) is 13.1 Å². The molecule has 1 aromatic heterocycles. The highest BCUT2D eigenvalue weighted by Gasteiger charge is 2.33. The van der Waals surface area contributed by atoms with E-state index in [1.54, 1.807) is 23.9 Å². The number of benzene rings is 1. The summed E-state index contributed by atoms with van der Waals surface area (Å²) in [6, 6.07) is 7.21. The van der Waals surface area contributed by atoms with Crippen molar-refractivity contribution in [2.24, 2.45) is 5.41 Å². The van der Waals surface area contributed by atoms with E-state index in [-0.39, 0.29) is 22.8 Å². The Kier molecular flexibility index (Phi) is 4.56. The molecule has 0 spiro atoms. The Labute approximate surface area is 153 Å². The van der Waals surface area contributed by atoms with E-state index in [9.17, 15) is 13.2 Å². The number of anilines is 1. The van der Waals surface area contributed by atoms with Crippen molar-refractivity contribution in [3.63, 3.8) is 0 Å². The van der Waals surface area contributed by atoms with Crippen LogP contribution in [0.1, 0.15) is 38.4 Å². The fourth-order valence-corrected chi connectivity index (χ4v) is 4.43. The van der Waals surface area contributed by atoms with Crippen molar-refractivity contribution in [3.8, 4) is 11.4 Å². The van der Waals surface area contributed by atoms with E-state index in [2.05, 4.69) is 10.4 Å². The lowest BCUT2D eigenvalue weighted by Crippen LogP contribution is -2.22. The number of aromatic nitrogens is 2. The van der Waals surface area contributed by atoms with Gasteiger partial charge in [-0.1, -0.05) is 20.8 Å². The molecule has 1 N–H and O–H groups in total. The number of fused-ring (bicyclic) bond motifs is 1. The van der Waals surface area contributed by atoms with Crippen molar-refractivity contribution >= 4 is 21.6 Å². The number of carbonyl (C=O) groups is 1. The average Bonchev–Trinajstić information content (AvgIpc) is 2.99. The lowest BCUT2D eigenvalue weighted by Gasteiger charge is -2.18. The Hall–Kier alpha value is -2.35. The molecule has 140 valence electrons. The van der Waals surface area contributed by atoms with E-state index in [0.717, 1.165) is 5.69 Å². The third kappa shape index (κ3) is 3.90. The lowest BCUT2D eigenvalue weighted by atomic mass is 9.92. The first-order valence-electron chi connectivity index (χ1n) is 8.33. The van der Waals surface area contributed by atoms with Gasteiger partial charge in [0, 0.05) is 12.0 Å². The molecule has 0 aliphatic carbocycles. The van der Waals surface area contributed by atoms with Gasteiger partial charge >= 0.3 is 0 Å². The van der Waals surface area contributed by atoms with Gasteiger partial charge < -0.3 is 10.1 Å². The molecule has 1 aliphatic rings. The minimum atomic E-state index is -3.21. The van der Waals surface area contributed by atoms with Crippen LogP contribution < -0.4 is 10.1 Å². The van der Waals surface area contributed by atoms with Crippen LogP contribution >= 0.6 is 0 Å². The Morgan fingerprint density at radius 3 is 2.46 bits per heavy atom. The van der Waals surface area contributed by atoms with Crippen molar-refractivity contribution in [1.29, 1.82) is 0 Å². The number of methoxy groups -OCH3 is 1. The van der Waals surface area contributed by atoms with Crippen LogP contribution in [0.2, 0.25) is 0 Å². The molecule has 1 aliphatic heterocycles. The maximum Gasteiger partial charge on any atom is 0.226 e. The van der Waals surface area contributed by atoms with Crippen LogP contribution in [0.4, 0.5) is 5.82 Å². The van der Waals surface area contributed by atoms with Gasteiger partial charge in [-0.05, 0) is 29.7 Å². The summed E-state index contributed by atoms with van der Waals surface area (Å²) in [6.07, 6.45) is 0.322. The van der Waals surface area contributed by atoms with Crippen molar-refractivity contribution in [1.82, 2.24) is 9.78 Å². The van der Waals surface area contributed by atoms with Crippen molar-refractivity contribution in [3.05, 3.63) is 35.5 Å². The van der Waals surface area contributed by atoms with Crippen LogP contribution in [-0.2, 0) is 26.1 Å². The second-order valence-corrected chi connectivity index (χ2v) is 9.77. The van der Waals surface area contributed by atoms with E-state index < -0.39 is 9.84 Å². The van der Waals surface area contributed by atoms with Crippen molar-refractivity contribution in [2.45, 2.75) is 38.7 Å². The zero-order valence-electron chi connectivity index (χ0n) is 15.4. The number of rotatable bonds is 4. The van der Waals surface area contributed by atoms with Crippen LogP contribution in [0.15, 0.2) is 24.3 Å². The molecule has 2 heterocycles. The summed E-state index contributed by atoms with van der Waals surface area (Å²) in [5, 5.41) is 7.32. The first-order valence-corrected chi connectivity index (χ1v) is 10.2. The Bertz CT molecular complexity index is 938. The summed E-state index contributed by atoms with van der Waals surface area (Å²) in [5.41, 5.74) is 1.61. The lowest BCUT2D eigenvalue weighted by molar-refractivity contribution is -0.117. The molecule has 1 amide bonds. The minimum absolute atomic E-state index is 0.104. The normalized spacial score (nSPS) is 15.5. The van der Waals surface area contributed by atoms with Gasteiger partial charge in [0.05, 0.1) is 30.0 Å². The molecule has 0 fully saturated rings. The van der Waals surface area contributed by atoms with Crippen molar-refractivity contribution in [2.75, 3.05) is 12.4 Å². The zero-order valence-corrected chi connectivity index (χ0v) is 16.2. The molecule has 7 nitrogen and oxygen atoms in total. The summed E-state index contributed by atoms with van der Waals surface area (Å²) >= 11 is 0. The molecule has 2 aromatic rings. The van der Waals surface area contributed by atoms with E-state index in [1.807, 2.05) is 32.9 Å². The van der Waals surface area contributed by atoms with Crippen LogP contribution in [0.3, 0.4) is 0 Å². The molecule has 0 saturated carbocycles. The van der Waals surface area contributed by atoms with Gasteiger partial charge in [0.15, 0.2) is 9.84 Å². The highest BCUT2D eigenvalue weighted by Crippen LogP contribution is 2.33. The second kappa shape index (κ2) is 6.42. The number of nitrogens with one attached hydrogen (secondary N) is 1. The Morgan fingerprint density at radius 2 is 1.88 bits per heavy atom. The quantitative estimate of drug-likeness (QED) is 0.885. The topological polar surface area (TPSA) is 90.3 Å². The fourth-order valence-electron chi connectivity index (χ4n) is 2.94. The second-order valence-electron chi connectivity index (χ2n) is 7.70. The van der Waals surface area contributed by atoms with Crippen LogP contribution in [-0.4, -0.2) is 31.2 Å². The highest BCUT2D eigenvalue weighted by atomic mass is 32.2. The summed E-state index contributed by atoms with van der Waals surface area (Å²) in [5.74, 6) is 0.756. The third-order valence-electron chi connectivity index (χ3n) is 4.05. The Morgan fingerprint density at radius 1 is 1.23 bits per heavy atom. The first-order chi connectivity index (χ1) is 12.1. The van der Waals surface area contributed by atoms with E-state index >= 15 is 0 Å².